The van der Waals surface area contributed by atoms with Crippen molar-refractivity contribution in [2.75, 3.05) is 11.9 Å². The van der Waals surface area contributed by atoms with Crippen LogP contribution in [0.15, 0.2) is 48.7 Å². The second-order valence-electron chi connectivity index (χ2n) is 5.67. The number of benzene rings is 1. The van der Waals surface area contributed by atoms with Gasteiger partial charge >= 0.3 is 5.97 Å². The van der Waals surface area contributed by atoms with Gasteiger partial charge in [0.25, 0.3) is 0 Å². The lowest BCUT2D eigenvalue weighted by molar-refractivity contribution is -0.147. The summed E-state index contributed by atoms with van der Waals surface area (Å²) in [6, 6.07) is 12.4. The number of ketones is 1. The lowest BCUT2D eigenvalue weighted by Crippen LogP contribution is -2.50. The van der Waals surface area contributed by atoms with E-state index >= 15 is 0 Å². The normalized spacial score (nSPS) is 20.1. The third-order valence-corrected chi connectivity index (χ3v) is 4.17. The molecule has 0 radical (unpaired) electrons. The average Bonchev–Trinajstić information content (AvgIpc) is 2.59. The minimum absolute atomic E-state index is 0.125. The molecule has 0 saturated carbocycles. The van der Waals surface area contributed by atoms with E-state index in [0.29, 0.717) is 11.4 Å². The van der Waals surface area contributed by atoms with Crippen LogP contribution < -0.4 is 4.90 Å². The molecule has 23 heavy (non-hydrogen) atoms. The van der Waals surface area contributed by atoms with Gasteiger partial charge in [-0.25, -0.2) is 4.79 Å². The first-order chi connectivity index (χ1) is 11.1. The van der Waals surface area contributed by atoms with E-state index in [4.69, 9.17) is 4.74 Å². The molecule has 0 aliphatic carbocycles. The summed E-state index contributed by atoms with van der Waals surface area (Å²) in [4.78, 5) is 30.9. The molecule has 0 N–H and O–H groups in total. The third kappa shape index (κ3) is 2.82. The highest BCUT2D eigenvalue weighted by Crippen LogP contribution is 2.31. The van der Waals surface area contributed by atoms with Crippen molar-refractivity contribution in [1.29, 1.82) is 0 Å². The predicted molar refractivity (Wildman–Crippen MR) is 86.2 cm³/mol. The maximum Gasteiger partial charge on any atom is 0.329 e. The number of carbonyl (C=O) groups is 2. The van der Waals surface area contributed by atoms with Gasteiger partial charge in [-0.2, -0.15) is 0 Å². The van der Waals surface area contributed by atoms with Crippen molar-refractivity contribution in [2.45, 2.75) is 19.6 Å². The van der Waals surface area contributed by atoms with Gasteiger partial charge in [-0.1, -0.05) is 37.3 Å². The Kier molecular flexibility index (Phi) is 4.10. The highest BCUT2D eigenvalue weighted by atomic mass is 16.5. The molecule has 3 rings (SSSR count). The van der Waals surface area contributed by atoms with Crippen molar-refractivity contribution >= 4 is 17.4 Å². The Morgan fingerprint density at radius 1 is 1.22 bits per heavy atom. The highest BCUT2D eigenvalue weighted by molar-refractivity contribution is 6.06. The maximum atomic E-state index is 12.5. The zero-order valence-electron chi connectivity index (χ0n) is 13.1. The molecule has 5 nitrogen and oxygen atoms in total. The maximum absolute atomic E-state index is 12.5. The molecule has 2 atom stereocenters. The van der Waals surface area contributed by atoms with Crippen LogP contribution in [0.25, 0.3) is 0 Å². The minimum atomic E-state index is -0.636. The van der Waals surface area contributed by atoms with Crippen LogP contribution in [0.2, 0.25) is 0 Å². The van der Waals surface area contributed by atoms with Crippen LogP contribution in [0, 0.1) is 5.92 Å². The molecule has 0 saturated heterocycles. The molecule has 1 aromatic heterocycles. The SMILES string of the molecule is CC1C(=O)c2ncccc2N(C)C1C(=O)OCc1ccccc1. The standard InChI is InChI=1S/C18H18N2O3/c1-12-16(18(22)23-11-13-7-4-3-5-8-13)20(2)14-9-6-10-19-15(14)17(12)21/h3-10,12,16H,11H2,1-2H3. The van der Waals surface area contributed by atoms with Crippen molar-refractivity contribution in [1.82, 2.24) is 4.98 Å². The van der Waals surface area contributed by atoms with Gasteiger partial charge in [0.05, 0.1) is 11.6 Å². The van der Waals surface area contributed by atoms with Crippen molar-refractivity contribution in [3.05, 3.63) is 59.9 Å². The molecule has 0 bridgehead atoms. The van der Waals surface area contributed by atoms with Crippen LogP contribution >= 0.6 is 0 Å². The number of pyridine rings is 1. The zero-order chi connectivity index (χ0) is 16.4. The van der Waals surface area contributed by atoms with E-state index in [9.17, 15) is 9.59 Å². The van der Waals surface area contributed by atoms with Crippen LogP contribution in [0.4, 0.5) is 5.69 Å². The number of hydrogen-bond acceptors (Lipinski definition) is 5. The Hall–Kier alpha value is -2.69. The number of likely N-dealkylation sites (N-methyl/N-ethyl adjacent to an activating group) is 1. The number of aromatic nitrogens is 1. The first-order valence-electron chi connectivity index (χ1n) is 7.52. The lowest BCUT2D eigenvalue weighted by Gasteiger charge is -2.36. The molecule has 2 heterocycles. The molecular weight excluding hydrogens is 292 g/mol. The third-order valence-electron chi connectivity index (χ3n) is 4.17. The van der Waals surface area contributed by atoms with E-state index in [2.05, 4.69) is 4.98 Å². The molecule has 0 spiro atoms. The first kappa shape index (κ1) is 15.2. The summed E-state index contributed by atoms with van der Waals surface area (Å²) in [6.45, 7) is 1.94. The Morgan fingerprint density at radius 2 is 1.96 bits per heavy atom. The number of esters is 1. The Balaban J connectivity index is 1.79. The summed E-state index contributed by atoms with van der Waals surface area (Å²) < 4.78 is 5.42. The van der Waals surface area contributed by atoms with Crippen molar-refractivity contribution in [3.63, 3.8) is 0 Å². The summed E-state index contributed by atoms with van der Waals surface area (Å²) in [5.41, 5.74) is 1.99. The highest BCUT2D eigenvalue weighted by Gasteiger charge is 2.41. The van der Waals surface area contributed by atoms with Crippen molar-refractivity contribution in [3.8, 4) is 0 Å². The molecule has 2 unspecified atom stereocenters. The number of nitrogens with zero attached hydrogens (tertiary/aromatic N) is 2. The smallest absolute Gasteiger partial charge is 0.329 e. The molecule has 0 fully saturated rings. The summed E-state index contributed by atoms with van der Waals surface area (Å²) in [5, 5.41) is 0. The Morgan fingerprint density at radius 3 is 2.70 bits per heavy atom. The van der Waals surface area contributed by atoms with E-state index in [0.717, 1.165) is 5.56 Å². The van der Waals surface area contributed by atoms with E-state index < -0.39 is 17.9 Å². The summed E-state index contributed by atoms with van der Waals surface area (Å²) in [6.07, 6.45) is 1.59. The quantitative estimate of drug-likeness (QED) is 0.815. The molecule has 1 aliphatic rings. The van der Waals surface area contributed by atoms with Gasteiger partial charge in [-0.05, 0) is 17.7 Å². The largest absolute Gasteiger partial charge is 0.459 e. The fourth-order valence-corrected chi connectivity index (χ4v) is 2.89. The Bertz CT molecular complexity index is 730. The molecule has 5 heteroatoms. The minimum Gasteiger partial charge on any atom is -0.459 e. The zero-order valence-corrected chi connectivity index (χ0v) is 13.1. The fraction of sp³-hybridized carbons (Fsp3) is 0.278. The van der Waals surface area contributed by atoms with Crippen LogP contribution in [0.5, 0.6) is 0 Å². The van der Waals surface area contributed by atoms with E-state index in [1.54, 1.807) is 37.2 Å². The number of ether oxygens (including phenoxy) is 1. The fourth-order valence-electron chi connectivity index (χ4n) is 2.89. The second-order valence-corrected chi connectivity index (χ2v) is 5.67. The van der Waals surface area contributed by atoms with Gasteiger partial charge in [0.1, 0.15) is 18.3 Å². The summed E-state index contributed by atoms with van der Waals surface area (Å²) in [5.74, 6) is -1.02. The lowest BCUT2D eigenvalue weighted by atomic mass is 9.88. The topological polar surface area (TPSA) is 59.5 Å². The van der Waals surface area contributed by atoms with Crippen LogP contribution in [-0.2, 0) is 16.1 Å². The molecule has 1 aliphatic heterocycles. The van der Waals surface area contributed by atoms with Gasteiger partial charge in [-0.15, -0.1) is 0 Å². The van der Waals surface area contributed by atoms with E-state index in [1.807, 2.05) is 30.3 Å². The van der Waals surface area contributed by atoms with Gasteiger partial charge in [0, 0.05) is 13.2 Å². The summed E-state index contributed by atoms with van der Waals surface area (Å²) in [7, 11) is 1.79. The van der Waals surface area contributed by atoms with Crippen molar-refractivity contribution < 1.29 is 14.3 Å². The first-order valence-corrected chi connectivity index (χ1v) is 7.52. The number of fused-ring (bicyclic) bond motifs is 1. The van der Waals surface area contributed by atoms with Crippen LogP contribution in [-0.4, -0.2) is 29.8 Å². The van der Waals surface area contributed by atoms with E-state index in [-0.39, 0.29) is 12.4 Å². The monoisotopic (exact) mass is 310 g/mol. The Labute approximate surface area is 134 Å². The van der Waals surface area contributed by atoms with Gasteiger partial charge in [0.2, 0.25) is 0 Å². The summed E-state index contributed by atoms with van der Waals surface area (Å²) >= 11 is 0. The molecular formula is C18H18N2O3. The van der Waals surface area contributed by atoms with Gasteiger partial charge in [-0.3, -0.25) is 9.78 Å². The number of Topliss-reactive ketones (excluding diaryl/α,β-unsaturated/α-hetero) is 1. The number of anilines is 1. The van der Waals surface area contributed by atoms with E-state index in [1.165, 1.54) is 0 Å². The predicted octanol–water partition coefficient (Wildman–Crippen LogP) is 2.46. The molecule has 1 aromatic carbocycles. The average molecular weight is 310 g/mol. The van der Waals surface area contributed by atoms with Gasteiger partial charge < -0.3 is 9.64 Å². The number of hydrogen-bond donors (Lipinski definition) is 0. The van der Waals surface area contributed by atoms with Gasteiger partial charge in [0.15, 0.2) is 5.78 Å². The van der Waals surface area contributed by atoms with Crippen LogP contribution in [0.3, 0.4) is 0 Å². The molecule has 0 amide bonds. The van der Waals surface area contributed by atoms with Crippen molar-refractivity contribution in [2.24, 2.45) is 5.92 Å². The second kappa shape index (κ2) is 6.20. The molecule has 2 aromatic rings. The number of carbonyl (C=O) groups excluding carboxylic acids is 2. The van der Waals surface area contributed by atoms with Crippen LogP contribution in [0.1, 0.15) is 23.0 Å². The number of rotatable bonds is 3. The molecule has 118 valence electrons.